The maximum Gasteiger partial charge on any atom is 0.253 e. The van der Waals surface area contributed by atoms with Crippen LogP contribution in [0.2, 0.25) is 0 Å². The van der Waals surface area contributed by atoms with E-state index in [1.165, 1.54) is 5.01 Å². The number of hydrazone groups is 1. The second kappa shape index (κ2) is 9.82. The number of nitrogens with two attached hydrogens (primary N) is 1. The monoisotopic (exact) mass is 516 g/mol. The van der Waals surface area contributed by atoms with E-state index in [9.17, 15) is 9.59 Å². The molecule has 0 aliphatic carbocycles. The molecule has 4 heterocycles. The quantitative estimate of drug-likeness (QED) is 0.349. The minimum absolute atomic E-state index is 0.0800. The van der Waals surface area contributed by atoms with Gasteiger partial charge >= 0.3 is 0 Å². The van der Waals surface area contributed by atoms with Crippen LogP contribution in [0.4, 0.5) is 11.5 Å². The van der Waals surface area contributed by atoms with Crippen molar-refractivity contribution in [1.82, 2.24) is 24.8 Å². The maximum atomic E-state index is 12.7. The third kappa shape index (κ3) is 4.59. The van der Waals surface area contributed by atoms with Gasteiger partial charge in [0.05, 0.1) is 17.7 Å². The highest BCUT2D eigenvalue weighted by Gasteiger charge is 2.23. The zero-order valence-electron chi connectivity index (χ0n) is 21.1. The van der Waals surface area contributed by atoms with Crippen molar-refractivity contribution in [2.75, 3.05) is 10.7 Å². The summed E-state index contributed by atoms with van der Waals surface area (Å²) in [6, 6.07) is 22.1. The lowest BCUT2D eigenvalue weighted by molar-refractivity contribution is -0.116. The number of aromatic nitrogens is 4. The molecule has 5 aromatic rings. The van der Waals surface area contributed by atoms with Gasteiger partial charge in [-0.05, 0) is 73.2 Å². The van der Waals surface area contributed by atoms with Crippen molar-refractivity contribution >= 4 is 40.2 Å². The molecule has 2 amide bonds. The van der Waals surface area contributed by atoms with E-state index in [0.717, 1.165) is 22.5 Å². The fraction of sp³-hybridized carbons (Fsp3) is 0.103. The number of nitrogen functional groups attached to an aromatic ring is 1. The summed E-state index contributed by atoms with van der Waals surface area (Å²) in [5.41, 5.74) is 12.0. The Morgan fingerprint density at radius 1 is 0.949 bits per heavy atom. The van der Waals surface area contributed by atoms with Crippen molar-refractivity contribution in [2.45, 2.75) is 19.9 Å². The average molecular weight is 517 g/mol. The lowest BCUT2D eigenvalue weighted by Gasteiger charge is -2.13. The normalized spacial score (nSPS) is 13.1. The zero-order valence-corrected chi connectivity index (χ0v) is 21.1. The van der Waals surface area contributed by atoms with E-state index in [2.05, 4.69) is 20.4 Å². The predicted molar refractivity (Wildman–Crippen MR) is 149 cm³/mol. The molecule has 10 nitrogen and oxygen atoms in total. The number of anilines is 2. The Morgan fingerprint density at radius 2 is 1.67 bits per heavy atom. The number of pyridine rings is 2. The van der Waals surface area contributed by atoms with Crippen molar-refractivity contribution in [1.29, 1.82) is 0 Å². The summed E-state index contributed by atoms with van der Waals surface area (Å²) in [6.45, 7) is 2.16. The molecular formula is C29H24N8O2. The summed E-state index contributed by atoms with van der Waals surface area (Å²) in [7, 11) is 0. The van der Waals surface area contributed by atoms with E-state index in [-0.39, 0.29) is 11.8 Å². The fourth-order valence-electron chi connectivity index (χ4n) is 4.50. The Bertz CT molecular complexity index is 1740. The van der Waals surface area contributed by atoms with E-state index in [4.69, 9.17) is 10.7 Å². The molecule has 0 bridgehead atoms. The first kappa shape index (κ1) is 24.0. The van der Waals surface area contributed by atoms with E-state index in [1.807, 2.05) is 60.0 Å². The fourth-order valence-corrected chi connectivity index (χ4v) is 4.50. The van der Waals surface area contributed by atoms with E-state index >= 15 is 0 Å². The number of rotatable bonds is 6. The molecule has 1 aliphatic heterocycles. The van der Waals surface area contributed by atoms with Gasteiger partial charge in [-0.3, -0.25) is 14.2 Å². The SMILES string of the molecule is CC1=NN(c2ccc(C(=O)NCc3ccc(-n4c(-c5cccnc5N)nc5cccnc54)cc3)cc2)C(=O)C1. The summed E-state index contributed by atoms with van der Waals surface area (Å²) in [5.74, 6) is 0.743. The van der Waals surface area contributed by atoms with Crippen LogP contribution in [0.25, 0.3) is 28.2 Å². The molecule has 0 fully saturated rings. The molecule has 0 spiro atoms. The van der Waals surface area contributed by atoms with Crippen molar-refractivity contribution in [3.63, 3.8) is 0 Å². The minimum Gasteiger partial charge on any atom is -0.383 e. The largest absolute Gasteiger partial charge is 0.383 e. The van der Waals surface area contributed by atoms with Crippen LogP contribution in [-0.2, 0) is 11.3 Å². The minimum atomic E-state index is -0.211. The Morgan fingerprint density at radius 3 is 2.38 bits per heavy atom. The van der Waals surface area contributed by atoms with Crippen molar-refractivity contribution in [3.05, 3.63) is 96.3 Å². The Kier molecular flexibility index (Phi) is 6.04. The molecule has 2 aromatic carbocycles. The second-order valence-electron chi connectivity index (χ2n) is 9.17. The Labute approximate surface area is 223 Å². The number of hydrogen-bond donors (Lipinski definition) is 2. The van der Waals surface area contributed by atoms with E-state index < -0.39 is 0 Å². The first-order valence-corrected chi connectivity index (χ1v) is 12.4. The van der Waals surface area contributed by atoms with Crippen molar-refractivity contribution in [3.8, 4) is 17.1 Å². The van der Waals surface area contributed by atoms with E-state index in [0.29, 0.717) is 47.1 Å². The topological polar surface area (TPSA) is 131 Å². The van der Waals surface area contributed by atoms with Crippen molar-refractivity contribution in [2.24, 2.45) is 5.10 Å². The number of carbonyl (C=O) groups excluding carboxylic acids is 2. The van der Waals surface area contributed by atoms with Gasteiger partial charge in [0.2, 0.25) is 0 Å². The van der Waals surface area contributed by atoms with Crippen LogP contribution in [0.15, 0.2) is 90.3 Å². The molecule has 0 radical (unpaired) electrons. The lowest BCUT2D eigenvalue weighted by atomic mass is 10.1. The molecule has 10 heteroatoms. The predicted octanol–water partition coefficient (Wildman–Crippen LogP) is 4.11. The summed E-state index contributed by atoms with van der Waals surface area (Å²) < 4.78 is 1.95. The highest BCUT2D eigenvalue weighted by molar-refractivity contribution is 6.12. The number of hydrogen-bond acceptors (Lipinski definition) is 7. The van der Waals surface area contributed by atoms with Gasteiger partial charge in [-0.2, -0.15) is 5.10 Å². The van der Waals surface area contributed by atoms with Gasteiger partial charge in [0.15, 0.2) is 11.5 Å². The summed E-state index contributed by atoms with van der Waals surface area (Å²) in [5, 5.41) is 8.55. The molecule has 0 unspecified atom stereocenters. The lowest BCUT2D eigenvalue weighted by Crippen LogP contribution is -2.23. The second-order valence-corrected chi connectivity index (χ2v) is 9.17. The number of nitrogens with zero attached hydrogens (tertiary/aromatic N) is 6. The van der Waals surface area contributed by atoms with Crippen LogP contribution in [0.3, 0.4) is 0 Å². The molecule has 192 valence electrons. The van der Waals surface area contributed by atoms with Crippen LogP contribution >= 0.6 is 0 Å². The molecular weight excluding hydrogens is 492 g/mol. The van der Waals surface area contributed by atoms with E-state index in [1.54, 1.807) is 36.7 Å². The standard InChI is InChI=1S/C29H24N8O2/c1-18-16-25(38)37(35-18)22-12-8-20(9-13-22)29(39)33-17-19-6-10-21(11-7-19)36-27(23-4-2-14-31-26(23)30)34-24-5-3-15-32-28(24)36/h2-15H,16-17H2,1H3,(H2,30,31)(H,33,39). The first-order valence-electron chi connectivity index (χ1n) is 12.4. The van der Waals surface area contributed by atoms with Gasteiger partial charge < -0.3 is 11.1 Å². The van der Waals surface area contributed by atoms with Crippen LogP contribution in [0.5, 0.6) is 0 Å². The molecule has 3 aromatic heterocycles. The van der Waals surface area contributed by atoms with Gasteiger partial charge in [-0.25, -0.2) is 20.0 Å². The highest BCUT2D eigenvalue weighted by Crippen LogP contribution is 2.30. The molecule has 39 heavy (non-hydrogen) atoms. The Balaban J connectivity index is 1.19. The summed E-state index contributed by atoms with van der Waals surface area (Å²) in [6.07, 6.45) is 3.68. The number of benzene rings is 2. The highest BCUT2D eigenvalue weighted by atomic mass is 16.2. The Hall–Kier alpha value is -5.38. The number of carbonyl (C=O) groups is 2. The van der Waals surface area contributed by atoms with Crippen LogP contribution in [-0.4, -0.2) is 37.0 Å². The summed E-state index contributed by atoms with van der Waals surface area (Å²) in [4.78, 5) is 38.3. The maximum absolute atomic E-state index is 12.7. The van der Waals surface area contributed by atoms with Gasteiger partial charge in [-0.1, -0.05) is 12.1 Å². The number of imidazole rings is 1. The summed E-state index contributed by atoms with van der Waals surface area (Å²) >= 11 is 0. The molecule has 1 aliphatic rings. The average Bonchev–Trinajstić information content (AvgIpc) is 3.51. The molecule has 0 atom stereocenters. The number of amides is 2. The van der Waals surface area contributed by atoms with Gasteiger partial charge in [0.1, 0.15) is 11.3 Å². The molecule has 6 rings (SSSR count). The smallest absolute Gasteiger partial charge is 0.253 e. The first-order chi connectivity index (χ1) is 19.0. The third-order valence-electron chi connectivity index (χ3n) is 6.43. The third-order valence-corrected chi connectivity index (χ3v) is 6.43. The zero-order chi connectivity index (χ0) is 26.9. The number of nitrogens with one attached hydrogen (secondary N) is 1. The molecule has 3 N–H and O–H groups in total. The van der Waals surface area contributed by atoms with Gasteiger partial charge in [-0.15, -0.1) is 0 Å². The van der Waals surface area contributed by atoms with Crippen LogP contribution in [0.1, 0.15) is 29.3 Å². The number of fused-ring (bicyclic) bond motifs is 1. The van der Waals surface area contributed by atoms with Gasteiger partial charge in [0, 0.05) is 35.9 Å². The van der Waals surface area contributed by atoms with Gasteiger partial charge in [0.25, 0.3) is 11.8 Å². The van der Waals surface area contributed by atoms with Crippen molar-refractivity contribution < 1.29 is 9.59 Å². The molecule has 0 saturated heterocycles. The molecule has 0 saturated carbocycles. The van der Waals surface area contributed by atoms with Crippen LogP contribution < -0.4 is 16.1 Å². The van der Waals surface area contributed by atoms with Crippen LogP contribution in [0, 0.1) is 0 Å².